The standard InChI is InChI=1S/C27H35N3O3/c1-19(29-27(32)4-3-15-28-20(2)31)22-7-9-23(10-8-22)24-16-30(17-24)25-11-13-26(14-12-25)33-18-21-5-6-21/h7-14,19,21,24H,3-6,15-18H2,1-2H3,(H,28,31)(H,29,32). The number of benzene rings is 2. The van der Waals surface area contributed by atoms with E-state index >= 15 is 0 Å². The first-order valence-electron chi connectivity index (χ1n) is 12.1. The predicted molar refractivity (Wildman–Crippen MR) is 131 cm³/mol. The highest BCUT2D eigenvalue weighted by molar-refractivity contribution is 5.76. The molecule has 1 saturated heterocycles. The number of anilines is 1. The maximum absolute atomic E-state index is 12.1. The number of carbonyl (C=O) groups excluding carboxylic acids is 2. The molecule has 2 fully saturated rings. The molecule has 6 nitrogen and oxygen atoms in total. The molecule has 33 heavy (non-hydrogen) atoms. The second-order valence-electron chi connectivity index (χ2n) is 9.39. The molecule has 4 rings (SSSR count). The summed E-state index contributed by atoms with van der Waals surface area (Å²) in [7, 11) is 0. The Hall–Kier alpha value is -3.02. The lowest BCUT2D eigenvalue weighted by molar-refractivity contribution is -0.122. The van der Waals surface area contributed by atoms with Crippen molar-refractivity contribution in [2.75, 3.05) is 31.1 Å². The fraction of sp³-hybridized carbons (Fsp3) is 0.481. The molecule has 6 heteroatoms. The van der Waals surface area contributed by atoms with Gasteiger partial charge in [-0.05, 0) is 67.5 Å². The van der Waals surface area contributed by atoms with Crippen LogP contribution in [0.3, 0.4) is 0 Å². The van der Waals surface area contributed by atoms with Gasteiger partial charge in [0.1, 0.15) is 5.75 Å². The van der Waals surface area contributed by atoms with Crippen molar-refractivity contribution in [1.82, 2.24) is 10.6 Å². The van der Waals surface area contributed by atoms with Gasteiger partial charge in [0, 0.05) is 44.6 Å². The van der Waals surface area contributed by atoms with Crippen molar-refractivity contribution in [3.8, 4) is 5.75 Å². The third-order valence-corrected chi connectivity index (χ3v) is 6.51. The number of nitrogens with zero attached hydrogens (tertiary/aromatic N) is 1. The highest BCUT2D eigenvalue weighted by atomic mass is 16.5. The third-order valence-electron chi connectivity index (χ3n) is 6.51. The summed E-state index contributed by atoms with van der Waals surface area (Å²) in [4.78, 5) is 25.4. The summed E-state index contributed by atoms with van der Waals surface area (Å²) in [5, 5.41) is 5.75. The largest absolute Gasteiger partial charge is 0.493 e. The summed E-state index contributed by atoms with van der Waals surface area (Å²) in [6.45, 7) is 6.90. The van der Waals surface area contributed by atoms with E-state index in [2.05, 4.69) is 64.1 Å². The molecule has 1 aliphatic heterocycles. The average Bonchev–Trinajstić information content (AvgIpc) is 3.60. The maximum atomic E-state index is 12.1. The van der Waals surface area contributed by atoms with Gasteiger partial charge in [-0.15, -0.1) is 0 Å². The molecule has 176 valence electrons. The summed E-state index contributed by atoms with van der Waals surface area (Å²) in [6, 6.07) is 17.0. The molecule has 2 amide bonds. The van der Waals surface area contributed by atoms with E-state index in [1.165, 1.54) is 31.0 Å². The van der Waals surface area contributed by atoms with Crippen molar-refractivity contribution >= 4 is 17.5 Å². The van der Waals surface area contributed by atoms with Gasteiger partial charge < -0.3 is 20.3 Å². The molecule has 2 aliphatic rings. The van der Waals surface area contributed by atoms with Crippen LogP contribution >= 0.6 is 0 Å². The highest BCUT2D eigenvalue weighted by Crippen LogP contribution is 2.34. The molecule has 0 bridgehead atoms. The van der Waals surface area contributed by atoms with Crippen molar-refractivity contribution < 1.29 is 14.3 Å². The normalized spacial score (nSPS) is 16.6. The predicted octanol–water partition coefficient (Wildman–Crippen LogP) is 4.17. The fourth-order valence-corrected chi connectivity index (χ4v) is 4.12. The zero-order valence-electron chi connectivity index (χ0n) is 19.7. The second-order valence-corrected chi connectivity index (χ2v) is 9.39. The third kappa shape index (κ3) is 6.73. The van der Waals surface area contributed by atoms with Crippen molar-refractivity contribution in [1.29, 1.82) is 0 Å². The molecule has 1 unspecified atom stereocenters. The van der Waals surface area contributed by atoms with Gasteiger partial charge in [-0.1, -0.05) is 24.3 Å². The zero-order valence-corrected chi connectivity index (χ0v) is 19.7. The number of carbonyl (C=O) groups is 2. The minimum Gasteiger partial charge on any atom is -0.493 e. The van der Waals surface area contributed by atoms with Crippen molar-refractivity contribution in [2.45, 2.75) is 51.5 Å². The Bertz CT molecular complexity index is 932. The van der Waals surface area contributed by atoms with Gasteiger partial charge in [-0.2, -0.15) is 0 Å². The lowest BCUT2D eigenvalue weighted by atomic mass is 9.90. The van der Waals surface area contributed by atoms with Crippen LogP contribution in [0.5, 0.6) is 5.75 Å². The molecule has 0 aromatic heterocycles. The van der Waals surface area contributed by atoms with Gasteiger partial charge in [0.15, 0.2) is 0 Å². The van der Waals surface area contributed by atoms with Crippen LogP contribution in [-0.4, -0.2) is 38.1 Å². The Morgan fingerprint density at radius 2 is 1.76 bits per heavy atom. The van der Waals surface area contributed by atoms with Crippen LogP contribution in [0, 0.1) is 5.92 Å². The van der Waals surface area contributed by atoms with E-state index in [0.29, 0.717) is 25.3 Å². The van der Waals surface area contributed by atoms with E-state index < -0.39 is 0 Å². The summed E-state index contributed by atoms with van der Waals surface area (Å²) in [5.41, 5.74) is 3.69. The SMILES string of the molecule is CC(=O)NCCCC(=O)NC(C)c1ccc(C2CN(c3ccc(OCC4CC4)cc3)C2)cc1. The first kappa shape index (κ1) is 23.1. The molecule has 0 radical (unpaired) electrons. The van der Waals surface area contributed by atoms with Crippen LogP contribution in [0.25, 0.3) is 0 Å². The molecule has 1 aliphatic carbocycles. The summed E-state index contributed by atoms with van der Waals surface area (Å²) < 4.78 is 5.83. The molecule has 1 atom stereocenters. The first-order valence-corrected chi connectivity index (χ1v) is 12.1. The number of amides is 2. The Morgan fingerprint density at radius 1 is 1.06 bits per heavy atom. The van der Waals surface area contributed by atoms with Gasteiger partial charge in [0.25, 0.3) is 0 Å². The van der Waals surface area contributed by atoms with E-state index in [1.807, 2.05) is 6.92 Å². The molecule has 2 aromatic rings. The van der Waals surface area contributed by atoms with Crippen molar-refractivity contribution in [3.05, 3.63) is 59.7 Å². The molecule has 2 N–H and O–H groups in total. The molecular formula is C27H35N3O3. The summed E-state index contributed by atoms with van der Waals surface area (Å²) in [5.74, 6) is 2.21. The van der Waals surface area contributed by atoms with Gasteiger partial charge >= 0.3 is 0 Å². The Labute approximate surface area is 196 Å². The van der Waals surface area contributed by atoms with Crippen LogP contribution < -0.4 is 20.3 Å². The Morgan fingerprint density at radius 3 is 2.39 bits per heavy atom. The highest BCUT2D eigenvalue weighted by Gasteiger charge is 2.28. The number of hydrogen-bond donors (Lipinski definition) is 2. The lowest BCUT2D eigenvalue weighted by Gasteiger charge is -2.41. The van der Waals surface area contributed by atoms with E-state index in [0.717, 1.165) is 36.9 Å². The second kappa shape index (κ2) is 10.7. The van der Waals surface area contributed by atoms with Crippen LogP contribution in [0.2, 0.25) is 0 Å². The topological polar surface area (TPSA) is 70.7 Å². The number of ether oxygens (including phenoxy) is 1. The molecule has 1 saturated carbocycles. The van der Waals surface area contributed by atoms with Crippen LogP contribution in [-0.2, 0) is 9.59 Å². The van der Waals surface area contributed by atoms with Gasteiger partial charge in [-0.25, -0.2) is 0 Å². The first-order chi connectivity index (χ1) is 16.0. The Kier molecular flexibility index (Phi) is 7.53. The number of rotatable bonds is 11. The van der Waals surface area contributed by atoms with Gasteiger partial charge in [-0.3, -0.25) is 9.59 Å². The van der Waals surface area contributed by atoms with E-state index in [-0.39, 0.29) is 17.9 Å². The average molecular weight is 450 g/mol. The summed E-state index contributed by atoms with van der Waals surface area (Å²) in [6.07, 6.45) is 3.67. The minimum absolute atomic E-state index is 0.00974. The summed E-state index contributed by atoms with van der Waals surface area (Å²) >= 11 is 0. The van der Waals surface area contributed by atoms with Crippen molar-refractivity contribution in [2.24, 2.45) is 5.92 Å². The van der Waals surface area contributed by atoms with Crippen molar-refractivity contribution in [3.63, 3.8) is 0 Å². The van der Waals surface area contributed by atoms with E-state index in [1.54, 1.807) is 0 Å². The quantitative estimate of drug-likeness (QED) is 0.505. The Balaban J connectivity index is 1.19. The minimum atomic E-state index is -0.0647. The smallest absolute Gasteiger partial charge is 0.220 e. The van der Waals surface area contributed by atoms with E-state index in [9.17, 15) is 9.59 Å². The fourth-order valence-electron chi connectivity index (χ4n) is 4.12. The van der Waals surface area contributed by atoms with Crippen LogP contribution in [0.4, 0.5) is 5.69 Å². The molecule has 2 aromatic carbocycles. The number of hydrogen-bond acceptors (Lipinski definition) is 4. The van der Waals surface area contributed by atoms with E-state index in [4.69, 9.17) is 4.74 Å². The zero-order chi connectivity index (χ0) is 23.2. The lowest BCUT2D eigenvalue weighted by Crippen LogP contribution is -2.45. The van der Waals surface area contributed by atoms with Gasteiger partial charge in [0.2, 0.25) is 11.8 Å². The molecule has 0 spiro atoms. The maximum Gasteiger partial charge on any atom is 0.220 e. The molecule has 1 heterocycles. The van der Waals surface area contributed by atoms with Gasteiger partial charge in [0.05, 0.1) is 12.6 Å². The molecular weight excluding hydrogens is 414 g/mol. The van der Waals surface area contributed by atoms with Crippen LogP contribution in [0.1, 0.15) is 62.6 Å². The number of nitrogens with one attached hydrogen (secondary N) is 2. The monoisotopic (exact) mass is 449 g/mol. The van der Waals surface area contributed by atoms with Crippen LogP contribution in [0.15, 0.2) is 48.5 Å².